The molecule has 0 unspecified atom stereocenters. The zero-order valence-corrected chi connectivity index (χ0v) is 17.5. The van der Waals surface area contributed by atoms with E-state index in [4.69, 9.17) is 4.42 Å². The minimum absolute atomic E-state index is 0.0272. The number of nitrogens with one attached hydrogen (secondary N) is 1. The van der Waals surface area contributed by atoms with E-state index in [1.165, 1.54) is 12.5 Å². The van der Waals surface area contributed by atoms with Crippen molar-refractivity contribution < 1.29 is 18.8 Å². The summed E-state index contributed by atoms with van der Waals surface area (Å²) in [6.07, 6.45) is 6.09. The topological polar surface area (TPSA) is 82.9 Å². The summed E-state index contributed by atoms with van der Waals surface area (Å²) in [4.78, 5) is 42.8. The van der Waals surface area contributed by atoms with E-state index in [1.54, 1.807) is 17.4 Å². The van der Waals surface area contributed by atoms with Gasteiger partial charge in [-0.2, -0.15) is 11.3 Å². The maximum absolute atomic E-state index is 13.3. The van der Waals surface area contributed by atoms with Gasteiger partial charge in [0.15, 0.2) is 0 Å². The van der Waals surface area contributed by atoms with E-state index in [0.29, 0.717) is 31.6 Å². The normalized spacial score (nSPS) is 28.2. The van der Waals surface area contributed by atoms with Crippen molar-refractivity contribution in [3.05, 3.63) is 46.5 Å². The fourth-order valence-corrected chi connectivity index (χ4v) is 6.08. The molecule has 3 fully saturated rings. The molecule has 0 radical (unpaired) electrons. The number of likely N-dealkylation sites (tertiary alicyclic amines) is 1. The van der Waals surface area contributed by atoms with Gasteiger partial charge in [0.05, 0.1) is 11.8 Å². The molecule has 5 rings (SSSR count). The van der Waals surface area contributed by atoms with Gasteiger partial charge in [-0.3, -0.25) is 14.4 Å². The predicted octanol–water partition coefficient (Wildman–Crippen LogP) is 2.50. The largest absolute Gasteiger partial charge is 0.472 e. The van der Waals surface area contributed by atoms with Crippen molar-refractivity contribution in [2.45, 2.75) is 44.3 Å². The molecule has 3 amide bonds. The Morgan fingerprint density at radius 2 is 2.10 bits per heavy atom. The van der Waals surface area contributed by atoms with Crippen LogP contribution in [0.15, 0.2) is 39.8 Å². The second-order valence-electron chi connectivity index (χ2n) is 8.53. The van der Waals surface area contributed by atoms with Crippen LogP contribution >= 0.6 is 11.3 Å². The van der Waals surface area contributed by atoms with Crippen molar-refractivity contribution in [2.75, 3.05) is 13.1 Å². The van der Waals surface area contributed by atoms with Crippen molar-refractivity contribution in [2.24, 2.45) is 11.8 Å². The number of rotatable bonds is 4. The monoisotopic (exact) mass is 427 g/mol. The Morgan fingerprint density at radius 3 is 2.87 bits per heavy atom. The van der Waals surface area contributed by atoms with Gasteiger partial charge in [-0.15, -0.1) is 0 Å². The Balaban J connectivity index is 1.39. The third kappa shape index (κ3) is 3.43. The van der Waals surface area contributed by atoms with Crippen LogP contribution < -0.4 is 5.32 Å². The van der Waals surface area contributed by atoms with Crippen LogP contribution in [0, 0.1) is 11.8 Å². The number of nitrogens with zero attached hydrogens (tertiary/aromatic N) is 2. The molecule has 158 valence electrons. The molecule has 7 nitrogen and oxygen atoms in total. The average molecular weight is 428 g/mol. The molecule has 5 heterocycles. The summed E-state index contributed by atoms with van der Waals surface area (Å²) in [5.74, 6) is 0.0605. The molecule has 3 saturated heterocycles. The fraction of sp³-hybridized carbons (Fsp3) is 0.500. The predicted molar refractivity (Wildman–Crippen MR) is 111 cm³/mol. The van der Waals surface area contributed by atoms with E-state index >= 15 is 0 Å². The van der Waals surface area contributed by atoms with E-state index in [2.05, 4.69) is 5.32 Å². The second kappa shape index (κ2) is 7.91. The highest BCUT2D eigenvalue weighted by molar-refractivity contribution is 7.07. The highest BCUT2D eigenvalue weighted by Crippen LogP contribution is 2.42. The maximum Gasteiger partial charge on any atom is 0.257 e. The number of carbonyl (C=O) groups is 3. The molecule has 0 aromatic carbocycles. The SMILES string of the molecule is O=C(NCc1ccsc1)[C@H]1[C@@H]2C[C@@H](CN(C(=O)c3ccoc3)C2)[C@@H]2CCCC(=O)N21. The third-order valence-electron chi connectivity index (χ3n) is 6.71. The second-order valence-corrected chi connectivity index (χ2v) is 9.31. The highest BCUT2D eigenvalue weighted by Gasteiger charge is 2.52. The zero-order valence-electron chi connectivity index (χ0n) is 16.7. The first-order valence-corrected chi connectivity index (χ1v) is 11.5. The number of fused-ring (bicyclic) bond motifs is 4. The van der Waals surface area contributed by atoms with Gasteiger partial charge in [0.25, 0.3) is 5.91 Å². The lowest BCUT2D eigenvalue weighted by atomic mass is 9.71. The summed E-state index contributed by atoms with van der Waals surface area (Å²) in [5.41, 5.74) is 1.59. The van der Waals surface area contributed by atoms with Crippen LogP contribution in [0.1, 0.15) is 41.6 Å². The lowest BCUT2D eigenvalue weighted by Crippen LogP contribution is -2.68. The summed E-state index contributed by atoms with van der Waals surface area (Å²) < 4.78 is 5.08. The van der Waals surface area contributed by atoms with Gasteiger partial charge < -0.3 is 19.5 Å². The standard InChI is InChI=1S/C22H25N3O4S/c26-19-3-1-2-18-16-8-17(11-24(10-16)22(28)15-4-6-29-12-15)20(25(18)19)21(27)23-9-14-5-7-30-13-14/h4-7,12-13,16-18,20H,1-3,8-11H2,(H,23,27)/t16-,17+,18-,20+/m0/s1. The lowest BCUT2D eigenvalue weighted by molar-refractivity contribution is -0.159. The first kappa shape index (κ1) is 19.4. The van der Waals surface area contributed by atoms with Crippen LogP contribution in [0.3, 0.4) is 0 Å². The third-order valence-corrected chi connectivity index (χ3v) is 7.44. The molecule has 3 aliphatic rings. The van der Waals surface area contributed by atoms with Crippen molar-refractivity contribution in [1.29, 1.82) is 0 Å². The average Bonchev–Trinajstić information content (AvgIpc) is 3.46. The molecule has 4 atom stereocenters. The molecule has 1 N–H and O–H groups in total. The number of hydrogen-bond donors (Lipinski definition) is 1. The van der Waals surface area contributed by atoms with Gasteiger partial charge in [0.1, 0.15) is 12.3 Å². The van der Waals surface area contributed by atoms with Crippen LogP contribution in [-0.4, -0.2) is 52.7 Å². The number of thiophene rings is 1. The van der Waals surface area contributed by atoms with Crippen molar-refractivity contribution in [1.82, 2.24) is 15.1 Å². The van der Waals surface area contributed by atoms with Gasteiger partial charge in [-0.1, -0.05) is 0 Å². The molecule has 8 heteroatoms. The number of piperidine rings is 3. The summed E-state index contributed by atoms with van der Waals surface area (Å²) >= 11 is 1.59. The Morgan fingerprint density at radius 1 is 1.23 bits per heavy atom. The van der Waals surface area contributed by atoms with Crippen LogP contribution in [0.25, 0.3) is 0 Å². The summed E-state index contributed by atoms with van der Waals surface area (Å²) in [6, 6.07) is 3.17. The van der Waals surface area contributed by atoms with Crippen LogP contribution in [-0.2, 0) is 16.1 Å². The molecule has 0 saturated carbocycles. The smallest absolute Gasteiger partial charge is 0.257 e. The minimum Gasteiger partial charge on any atom is -0.472 e. The van der Waals surface area contributed by atoms with Gasteiger partial charge >= 0.3 is 0 Å². The molecule has 3 aliphatic heterocycles. The first-order valence-electron chi connectivity index (χ1n) is 10.5. The maximum atomic E-state index is 13.3. The van der Waals surface area contributed by atoms with E-state index in [0.717, 1.165) is 24.8 Å². The van der Waals surface area contributed by atoms with Crippen LogP contribution in [0.2, 0.25) is 0 Å². The van der Waals surface area contributed by atoms with Gasteiger partial charge in [-0.05, 0) is 53.6 Å². The van der Waals surface area contributed by atoms with Crippen molar-refractivity contribution in [3.63, 3.8) is 0 Å². The van der Waals surface area contributed by atoms with Gasteiger partial charge in [0.2, 0.25) is 11.8 Å². The molecule has 2 aromatic heterocycles. The van der Waals surface area contributed by atoms with E-state index in [-0.39, 0.29) is 35.6 Å². The molecule has 0 aliphatic carbocycles. The van der Waals surface area contributed by atoms with E-state index in [9.17, 15) is 14.4 Å². The summed E-state index contributed by atoms with van der Waals surface area (Å²) in [5, 5.41) is 7.03. The highest BCUT2D eigenvalue weighted by atomic mass is 32.1. The molecular formula is C22H25N3O4S. The lowest BCUT2D eigenvalue weighted by Gasteiger charge is -2.55. The molecule has 30 heavy (non-hydrogen) atoms. The molecule has 2 bridgehead atoms. The molecule has 0 spiro atoms. The number of furan rings is 1. The van der Waals surface area contributed by atoms with Gasteiger partial charge in [0, 0.05) is 38.0 Å². The van der Waals surface area contributed by atoms with Crippen molar-refractivity contribution in [3.8, 4) is 0 Å². The molecule has 2 aromatic rings. The number of amides is 3. The molecular weight excluding hydrogens is 402 g/mol. The zero-order chi connectivity index (χ0) is 20.7. The Bertz CT molecular complexity index is 926. The minimum atomic E-state index is -0.516. The fourth-order valence-electron chi connectivity index (χ4n) is 5.42. The van der Waals surface area contributed by atoms with E-state index < -0.39 is 6.04 Å². The number of hydrogen-bond acceptors (Lipinski definition) is 5. The summed E-state index contributed by atoms with van der Waals surface area (Å²) in [7, 11) is 0. The first-order chi connectivity index (χ1) is 14.6. The van der Waals surface area contributed by atoms with Gasteiger partial charge in [-0.25, -0.2) is 0 Å². The Kier molecular flexibility index (Phi) is 5.10. The Labute approximate surface area is 179 Å². The summed E-state index contributed by atoms with van der Waals surface area (Å²) in [6.45, 7) is 1.56. The Hall–Kier alpha value is -2.61. The van der Waals surface area contributed by atoms with Crippen LogP contribution in [0.5, 0.6) is 0 Å². The van der Waals surface area contributed by atoms with Crippen LogP contribution in [0.4, 0.5) is 0 Å². The van der Waals surface area contributed by atoms with E-state index in [1.807, 2.05) is 26.6 Å². The van der Waals surface area contributed by atoms with Crippen molar-refractivity contribution >= 4 is 29.1 Å². The quantitative estimate of drug-likeness (QED) is 0.813. The number of carbonyl (C=O) groups excluding carboxylic acids is 3.